The van der Waals surface area contributed by atoms with Gasteiger partial charge in [0.25, 0.3) is 0 Å². The summed E-state index contributed by atoms with van der Waals surface area (Å²) in [5.74, 6) is 1.22. The Labute approximate surface area is 188 Å². The standard InChI is InChI=1S/C19H32BrN5O.HI/c1-4-21-19(24(3)15-17-13-16(20)14-23(17)2)22-10-8-12-25-11-7-5-6-9-18(25)26;/h13-14H,4-12,15H2,1-3H3,(H,21,22);1H. The van der Waals surface area contributed by atoms with Gasteiger partial charge in [-0.05, 0) is 48.2 Å². The number of hydrogen-bond acceptors (Lipinski definition) is 2. The van der Waals surface area contributed by atoms with Crippen LogP contribution in [0.15, 0.2) is 21.7 Å². The summed E-state index contributed by atoms with van der Waals surface area (Å²) in [6.07, 6.45) is 7.02. The van der Waals surface area contributed by atoms with Crippen molar-refractivity contribution >= 4 is 51.8 Å². The van der Waals surface area contributed by atoms with E-state index in [1.807, 2.05) is 4.90 Å². The van der Waals surface area contributed by atoms with E-state index in [1.165, 1.54) is 12.1 Å². The fourth-order valence-corrected chi connectivity index (χ4v) is 3.80. The number of hydrogen-bond donors (Lipinski definition) is 1. The molecule has 0 unspecified atom stereocenters. The molecule has 8 heteroatoms. The molecular formula is C19H33BrIN5O. The van der Waals surface area contributed by atoms with Crippen LogP contribution in [0.25, 0.3) is 0 Å². The highest BCUT2D eigenvalue weighted by Gasteiger charge is 2.15. The number of rotatable bonds is 7. The average Bonchev–Trinajstić information content (AvgIpc) is 2.78. The maximum Gasteiger partial charge on any atom is 0.222 e. The Balaban J connectivity index is 0.00000364. The summed E-state index contributed by atoms with van der Waals surface area (Å²) in [7, 11) is 4.11. The van der Waals surface area contributed by atoms with Gasteiger partial charge in [0.1, 0.15) is 0 Å². The van der Waals surface area contributed by atoms with Gasteiger partial charge >= 0.3 is 0 Å². The van der Waals surface area contributed by atoms with E-state index >= 15 is 0 Å². The topological polar surface area (TPSA) is 52.9 Å². The minimum atomic E-state index is 0. The van der Waals surface area contributed by atoms with Crippen LogP contribution in [-0.2, 0) is 18.4 Å². The van der Waals surface area contributed by atoms with Crippen molar-refractivity contribution in [3.63, 3.8) is 0 Å². The van der Waals surface area contributed by atoms with Crippen molar-refractivity contribution < 1.29 is 4.79 Å². The Hall–Kier alpha value is -0.770. The molecule has 0 bridgehead atoms. The highest BCUT2D eigenvalue weighted by Crippen LogP contribution is 2.15. The number of halogens is 2. The summed E-state index contributed by atoms with van der Waals surface area (Å²) in [6.45, 7) is 6.16. The number of nitrogens with zero attached hydrogens (tertiary/aromatic N) is 4. The zero-order chi connectivity index (χ0) is 18.9. The summed E-state index contributed by atoms with van der Waals surface area (Å²) in [5.41, 5.74) is 1.22. The van der Waals surface area contributed by atoms with Crippen LogP contribution >= 0.6 is 39.9 Å². The molecule has 1 aliphatic rings. The van der Waals surface area contributed by atoms with Crippen LogP contribution in [0.5, 0.6) is 0 Å². The first-order valence-electron chi connectivity index (χ1n) is 9.59. The molecule has 1 amide bonds. The predicted octanol–water partition coefficient (Wildman–Crippen LogP) is 3.60. The molecule has 0 spiro atoms. The molecule has 0 aromatic carbocycles. The lowest BCUT2D eigenvalue weighted by molar-refractivity contribution is -0.130. The van der Waals surface area contributed by atoms with Gasteiger partial charge < -0.3 is 19.7 Å². The maximum absolute atomic E-state index is 12.1. The monoisotopic (exact) mass is 553 g/mol. The van der Waals surface area contributed by atoms with Crippen molar-refractivity contribution in [1.29, 1.82) is 0 Å². The molecule has 1 aromatic rings. The van der Waals surface area contributed by atoms with Crippen molar-refractivity contribution in [3.8, 4) is 0 Å². The Morgan fingerprint density at radius 1 is 1.37 bits per heavy atom. The number of aliphatic imine (C=N–C) groups is 1. The van der Waals surface area contributed by atoms with Gasteiger partial charge in [0.05, 0.1) is 6.54 Å². The van der Waals surface area contributed by atoms with Gasteiger partial charge in [-0.25, -0.2) is 0 Å². The van der Waals surface area contributed by atoms with Gasteiger partial charge in [0.15, 0.2) is 5.96 Å². The fraction of sp³-hybridized carbons (Fsp3) is 0.684. The Bertz CT molecular complexity index is 619. The SMILES string of the molecule is CCNC(=NCCCN1CCCCCC1=O)N(C)Cc1cc(Br)cn1C.I. The second kappa shape index (κ2) is 12.6. The second-order valence-electron chi connectivity index (χ2n) is 6.90. The maximum atomic E-state index is 12.1. The van der Waals surface area contributed by atoms with E-state index < -0.39 is 0 Å². The summed E-state index contributed by atoms with van der Waals surface area (Å²) in [6, 6.07) is 2.13. The van der Waals surface area contributed by atoms with E-state index in [2.05, 4.69) is 64.0 Å². The molecule has 1 saturated heterocycles. The molecule has 0 saturated carbocycles. The molecule has 0 radical (unpaired) electrons. The number of carbonyl (C=O) groups is 1. The largest absolute Gasteiger partial charge is 0.357 e. The normalized spacial score (nSPS) is 15.3. The first-order chi connectivity index (χ1) is 12.5. The van der Waals surface area contributed by atoms with Crippen LogP contribution < -0.4 is 5.32 Å². The molecular weight excluding hydrogens is 521 g/mol. The predicted molar refractivity (Wildman–Crippen MR) is 126 cm³/mol. The van der Waals surface area contributed by atoms with Gasteiger partial charge in [-0.1, -0.05) is 6.42 Å². The van der Waals surface area contributed by atoms with E-state index in [1.54, 1.807) is 0 Å². The van der Waals surface area contributed by atoms with Crippen LogP contribution in [0.3, 0.4) is 0 Å². The number of guanidine groups is 1. The van der Waals surface area contributed by atoms with E-state index in [9.17, 15) is 4.79 Å². The fourth-order valence-electron chi connectivity index (χ4n) is 3.23. The molecule has 154 valence electrons. The lowest BCUT2D eigenvalue weighted by Crippen LogP contribution is -2.39. The van der Waals surface area contributed by atoms with Crippen LogP contribution in [0, 0.1) is 0 Å². The molecule has 2 rings (SSSR count). The van der Waals surface area contributed by atoms with E-state index in [0.717, 1.165) is 62.4 Å². The van der Waals surface area contributed by atoms with Crippen molar-refractivity contribution in [2.24, 2.45) is 12.0 Å². The average molecular weight is 554 g/mol. The highest BCUT2D eigenvalue weighted by atomic mass is 127. The summed E-state index contributed by atoms with van der Waals surface area (Å²) >= 11 is 3.52. The van der Waals surface area contributed by atoms with Crippen LogP contribution in [0.4, 0.5) is 0 Å². The number of amides is 1. The number of likely N-dealkylation sites (tertiary alicyclic amines) is 1. The molecule has 0 aliphatic carbocycles. The summed E-state index contributed by atoms with van der Waals surface area (Å²) < 4.78 is 3.21. The zero-order valence-corrected chi connectivity index (χ0v) is 20.6. The lowest BCUT2D eigenvalue weighted by atomic mass is 10.2. The molecule has 2 heterocycles. The summed E-state index contributed by atoms with van der Waals surface area (Å²) in [4.78, 5) is 21.0. The Morgan fingerprint density at radius 3 is 2.81 bits per heavy atom. The molecule has 1 aromatic heterocycles. The molecule has 6 nitrogen and oxygen atoms in total. The molecule has 1 fully saturated rings. The molecule has 1 N–H and O–H groups in total. The first kappa shape index (κ1) is 24.3. The Kier molecular flexibility index (Phi) is 11.4. The minimum absolute atomic E-state index is 0. The van der Waals surface area contributed by atoms with Gasteiger partial charge in [-0.15, -0.1) is 24.0 Å². The van der Waals surface area contributed by atoms with Crippen molar-refractivity contribution in [3.05, 3.63) is 22.4 Å². The highest BCUT2D eigenvalue weighted by molar-refractivity contribution is 14.0. The molecule has 1 aliphatic heterocycles. The smallest absolute Gasteiger partial charge is 0.222 e. The van der Waals surface area contributed by atoms with Gasteiger partial charge in [0, 0.05) is 63.1 Å². The van der Waals surface area contributed by atoms with Crippen LogP contribution in [0.1, 0.15) is 44.7 Å². The third-order valence-corrected chi connectivity index (χ3v) is 5.12. The second-order valence-corrected chi connectivity index (χ2v) is 7.81. The van der Waals surface area contributed by atoms with Crippen LogP contribution in [-0.4, -0.2) is 59.5 Å². The number of aromatic nitrogens is 1. The van der Waals surface area contributed by atoms with Crippen molar-refractivity contribution in [2.45, 2.75) is 45.6 Å². The van der Waals surface area contributed by atoms with Crippen molar-refractivity contribution in [1.82, 2.24) is 19.7 Å². The quantitative estimate of drug-likeness (QED) is 0.243. The van der Waals surface area contributed by atoms with Gasteiger partial charge in [-0.2, -0.15) is 0 Å². The van der Waals surface area contributed by atoms with E-state index in [0.29, 0.717) is 12.3 Å². The first-order valence-corrected chi connectivity index (χ1v) is 10.4. The lowest BCUT2D eigenvalue weighted by Gasteiger charge is -2.23. The minimum Gasteiger partial charge on any atom is -0.357 e. The van der Waals surface area contributed by atoms with Gasteiger partial charge in [0.2, 0.25) is 5.91 Å². The van der Waals surface area contributed by atoms with E-state index in [4.69, 9.17) is 4.99 Å². The summed E-state index contributed by atoms with van der Waals surface area (Å²) in [5, 5.41) is 3.36. The van der Waals surface area contributed by atoms with Crippen LogP contribution in [0.2, 0.25) is 0 Å². The number of aryl methyl sites for hydroxylation is 1. The zero-order valence-electron chi connectivity index (χ0n) is 16.7. The van der Waals surface area contributed by atoms with E-state index in [-0.39, 0.29) is 24.0 Å². The van der Waals surface area contributed by atoms with Crippen molar-refractivity contribution in [2.75, 3.05) is 33.2 Å². The Morgan fingerprint density at radius 2 is 2.15 bits per heavy atom. The molecule has 27 heavy (non-hydrogen) atoms. The number of nitrogens with one attached hydrogen (secondary N) is 1. The van der Waals surface area contributed by atoms with Gasteiger partial charge in [-0.3, -0.25) is 9.79 Å². The third-order valence-electron chi connectivity index (χ3n) is 4.69. The third kappa shape index (κ3) is 8.01. The molecule has 0 atom stereocenters. The number of carbonyl (C=O) groups excluding carboxylic acids is 1.